The van der Waals surface area contributed by atoms with E-state index in [1.54, 1.807) is 0 Å². The second kappa shape index (κ2) is 5.48. The van der Waals surface area contributed by atoms with Crippen LogP contribution in [0.5, 0.6) is 0 Å². The van der Waals surface area contributed by atoms with E-state index in [1.165, 1.54) is 36.4 Å². The van der Waals surface area contributed by atoms with E-state index in [9.17, 15) is 18.3 Å². The number of aromatic nitrogens is 1. The molecule has 0 amide bonds. The maximum atomic E-state index is 12.0. The summed E-state index contributed by atoms with van der Waals surface area (Å²) in [5.41, 5.74) is 0.186. The summed E-state index contributed by atoms with van der Waals surface area (Å²) < 4.78 is 26.3. The summed E-state index contributed by atoms with van der Waals surface area (Å²) in [5, 5.41) is 10.8. The number of benzene rings is 1. The van der Waals surface area contributed by atoms with E-state index < -0.39 is 16.0 Å². The lowest BCUT2D eigenvalue weighted by Gasteiger charge is -2.09. The second-order valence-corrected chi connectivity index (χ2v) is 5.86. The van der Waals surface area contributed by atoms with Crippen molar-refractivity contribution < 1.29 is 18.3 Å². The number of carboxylic acid groups (broad SMARTS) is 1. The quantitative estimate of drug-likeness (QED) is 0.846. The van der Waals surface area contributed by atoms with Crippen LogP contribution in [0, 0.1) is 0 Å². The highest BCUT2D eigenvalue weighted by Gasteiger charge is 2.14. The highest BCUT2D eigenvalue weighted by molar-refractivity contribution is 7.92. The number of nitrogens with zero attached hydrogens (tertiary/aromatic N) is 1. The van der Waals surface area contributed by atoms with Crippen LogP contribution in [-0.4, -0.2) is 19.4 Å². The zero-order valence-electron chi connectivity index (χ0n) is 9.91. The van der Waals surface area contributed by atoms with Crippen molar-refractivity contribution in [2.45, 2.75) is 4.90 Å². The number of anilines is 1. The SMILES string of the molecule is O=C([O-])c1ccc(NS(=O)(=O)c2ccc(Cl)nc2)cc1. The fourth-order valence-corrected chi connectivity index (χ4v) is 2.52. The molecular formula is C12H8ClN2O4S-. The predicted molar refractivity (Wildman–Crippen MR) is 70.8 cm³/mol. The summed E-state index contributed by atoms with van der Waals surface area (Å²) in [7, 11) is -3.80. The molecule has 0 spiro atoms. The summed E-state index contributed by atoms with van der Waals surface area (Å²) in [4.78, 5) is 14.2. The van der Waals surface area contributed by atoms with Gasteiger partial charge in [-0.2, -0.15) is 0 Å². The van der Waals surface area contributed by atoms with Crippen molar-refractivity contribution in [3.8, 4) is 0 Å². The molecule has 0 aliphatic rings. The number of halogens is 1. The van der Waals surface area contributed by atoms with Crippen molar-refractivity contribution in [3.63, 3.8) is 0 Å². The summed E-state index contributed by atoms with van der Waals surface area (Å²) in [6.07, 6.45) is 1.13. The molecule has 0 fully saturated rings. The molecule has 20 heavy (non-hydrogen) atoms. The van der Waals surface area contributed by atoms with Gasteiger partial charge in [0.05, 0.1) is 5.97 Å². The van der Waals surface area contributed by atoms with Gasteiger partial charge in [0.15, 0.2) is 0 Å². The largest absolute Gasteiger partial charge is 0.545 e. The van der Waals surface area contributed by atoms with Gasteiger partial charge < -0.3 is 9.90 Å². The molecule has 0 radical (unpaired) electrons. The zero-order chi connectivity index (χ0) is 14.8. The monoisotopic (exact) mass is 311 g/mol. The Labute approximate surface area is 120 Å². The maximum absolute atomic E-state index is 12.0. The fourth-order valence-electron chi connectivity index (χ4n) is 1.41. The number of rotatable bonds is 4. The van der Waals surface area contributed by atoms with Gasteiger partial charge >= 0.3 is 0 Å². The average molecular weight is 312 g/mol. The Morgan fingerprint density at radius 2 is 1.80 bits per heavy atom. The number of pyridine rings is 1. The number of carbonyl (C=O) groups is 1. The van der Waals surface area contributed by atoms with E-state index in [2.05, 4.69) is 9.71 Å². The first-order chi connectivity index (χ1) is 9.38. The van der Waals surface area contributed by atoms with Crippen LogP contribution in [0.1, 0.15) is 10.4 Å². The molecule has 0 saturated carbocycles. The number of nitrogens with one attached hydrogen (secondary N) is 1. The summed E-state index contributed by atoms with van der Waals surface area (Å²) in [5.74, 6) is -1.33. The van der Waals surface area contributed by atoms with E-state index in [-0.39, 0.29) is 21.3 Å². The highest BCUT2D eigenvalue weighted by atomic mass is 35.5. The van der Waals surface area contributed by atoms with E-state index in [0.717, 1.165) is 6.20 Å². The lowest BCUT2D eigenvalue weighted by atomic mass is 10.2. The topological polar surface area (TPSA) is 99.2 Å². The standard InChI is InChI=1S/C12H9ClN2O4S/c13-11-6-5-10(7-14-11)20(18,19)15-9-3-1-8(2-4-9)12(16)17/h1-7,15H,(H,16,17)/p-1. The molecule has 104 valence electrons. The smallest absolute Gasteiger partial charge is 0.263 e. The molecule has 1 N–H and O–H groups in total. The van der Waals surface area contributed by atoms with Gasteiger partial charge in [-0.05, 0) is 29.8 Å². The van der Waals surface area contributed by atoms with Gasteiger partial charge in [0.2, 0.25) is 0 Å². The maximum Gasteiger partial charge on any atom is 0.263 e. The zero-order valence-corrected chi connectivity index (χ0v) is 11.5. The van der Waals surface area contributed by atoms with Gasteiger partial charge in [-0.1, -0.05) is 23.7 Å². The Morgan fingerprint density at radius 1 is 1.15 bits per heavy atom. The first kappa shape index (κ1) is 14.3. The molecular weight excluding hydrogens is 304 g/mol. The van der Waals surface area contributed by atoms with Crippen molar-refractivity contribution in [1.29, 1.82) is 0 Å². The van der Waals surface area contributed by atoms with Gasteiger partial charge in [0.1, 0.15) is 10.0 Å². The first-order valence-corrected chi connectivity index (χ1v) is 7.20. The Morgan fingerprint density at radius 3 is 2.30 bits per heavy atom. The Balaban J connectivity index is 2.24. The highest BCUT2D eigenvalue weighted by Crippen LogP contribution is 2.17. The molecule has 1 aromatic carbocycles. The molecule has 6 nitrogen and oxygen atoms in total. The molecule has 1 heterocycles. The summed E-state index contributed by atoms with van der Waals surface area (Å²) >= 11 is 5.58. The third-order valence-corrected chi connectivity index (χ3v) is 3.97. The Kier molecular flexibility index (Phi) is 3.91. The van der Waals surface area contributed by atoms with Gasteiger partial charge in [0, 0.05) is 11.9 Å². The van der Waals surface area contributed by atoms with Gasteiger partial charge in [-0.15, -0.1) is 0 Å². The average Bonchev–Trinajstić information content (AvgIpc) is 2.39. The van der Waals surface area contributed by atoms with Crippen LogP contribution in [0.2, 0.25) is 5.15 Å². The minimum atomic E-state index is -3.80. The molecule has 0 bridgehead atoms. The van der Waals surface area contributed by atoms with Crippen molar-refractivity contribution in [2.24, 2.45) is 0 Å². The van der Waals surface area contributed by atoms with E-state index in [1.807, 2.05) is 0 Å². The normalized spacial score (nSPS) is 11.1. The minimum absolute atomic E-state index is 0.0406. The first-order valence-electron chi connectivity index (χ1n) is 5.34. The number of carboxylic acids is 1. The molecule has 0 saturated heterocycles. The molecule has 1 aromatic heterocycles. The van der Waals surface area contributed by atoms with E-state index in [0.29, 0.717) is 0 Å². The van der Waals surface area contributed by atoms with Crippen LogP contribution in [-0.2, 0) is 10.0 Å². The van der Waals surface area contributed by atoms with Crippen molar-refractivity contribution in [1.82, 2.24) is 4.98 Å². The van der Waals surface area contributed by atoms with Crippen molar-refractivity contribution in [2.75, 3.05) is 4.72 Å². The fraction of sp³-hybridized carbons (Fsp3) is 0. The predicted octanol–water partition coefficient (Wildman–Crippen LogP) is 0.899. The molecule has 2 rings (SSSR count). The summed E-state index contributed by atoms with van der Waals surface area (Å²) in [6.45, 7) is 0. The number of sulfonamides is 1. The Bertz CT molecular complexity index is 727. The lowest BCUT2D eigenvalue weighted by molar-refractivity contribution is -0.255. The Hall–Kier alpha value is -2.12. The van der Waals surface area contributed by atoms with Crippen molar-refractivity contribution in [3.05, 3.63) is 53.3 Å². The van der Waals surface area contributed by atoms with Crippen LogP contribution in [0.25, 0.3) is 0 Å². The van der Waals surface area contributed by atoms with Crippen LogP contribution < -0.4 is 9.83 Å². The molecule has 0 unspecified atom stereocenters. The molecule has 0 atom stereocenters. The van der Waals surface area contributed by atoms with Gasteiger partial charge in [-0.25, -0.2) is 13.4 Å². The molecule has 8 heteroatoms. The summed E-state index contributed by atoms with van der Waals surface area (Å²) in [6, 6.07) is 7.81. The molecule has 2 aromatic rings. The minimum Gasteiger partial charge on any atom is -0.545 e. The molecule has 0 aliphatic carbocycles. The van der Waals surface area contributed by atoms with Crippen LogP contribution in [0.3, 0.4) is 0 Å². The van der Waals surface area contributed by atoms with Crippen molar-refractivity contribution >= 4 is 33.3 Å². The third-order valence-electron chi connectivity index (χ3n) is 2.38. The molecule has 0 aliphatic heterocycles. The lowest BCUT2D eigenvalue weighted by Crippen LogP contribution is -2.22. The number of hydrogen-bond donors (Lipinski definition) is 1. The van der Waals surface area contributed by atoms with Gasteiger partial charge in [-0.3, -0.25) is 4.72 Å². The van der Waals surface area contributed by atoms with Gasteiger partial charge in [0.25, 0.3) is 10.0 Å². The van der Waals surface area contributed by atoms with Crippen LogP contribution >= 0.6 is 11.6 Å². The number of aromatic carboxylic acids is 1. The van der Waals surface area contributed by atoms with E-state index >= 15 is 0 Å². The second-order valence-electron chi connectivity index (χ2n) is 3.79. The number of carbonyl (C=O) groups excluding carboxylic acids is 1. The van der Waals surface area contributed by atoms with E-state index in [4.69, 9.17) is 11.6 Å². The van der Waals surface area contributed by atoms with Crippen LogP contribution in [0.4, 0.5) is 5.69 Å². The van der Waals surface area contributed by atoms with Crippen LogP contribution in [0.15, 0.2) is 47.5 Å². The third kappa shape index (κ3) is 3.25. The number of hydrogen-bond acceptors (Lipinski definition) is 5.